The Morgan fingerprint density at radius 2 is 2.13 bits per heavy atom. The van der Waals surface area contributed by atoms with Crippen molar-refractivity contribution >= 4 is 0 Å². The van der Waals surface area contributed by atoms with Crippen molar-refractivity contribution in [2.45, 2.75) is 38.1 Å². The van der Waals surface area contributed by atoms with Crippen LogP contribution in [0.5, 0.6) is 0 Å². The van der Waals surface area contributed by atoms with Gasteiger partial charge in [-0.2, -0.15) is 0 Å². The molecule has 0 aliphatic carbocycles. The Morgan fingerprint density at radius 3 is 2.87 bits per heavy atom. The van der Waals surface area contributed by atoms with E-state index in [2.05, 4.69) is 10.6 Å². The standard InChI is InChI=1S/C12H24N2O/c1-2-6-14-12(5-1)9-13-8-11-4-3-7-15-10-11/h11-14H,1-10H2. The Balaban J connectivity index is 1.53. The second kappa shape index (κ2) is 6.46. The zero-order valence-corrected chi connectivity index (χ0v) is 9.63. The fraction of sp³-hybridized carbons (Fsp3) is 1.00. The molecule has 2 saturated heterocycles. The Morgan fingerprint density at radius 1 is 1.13 bits per heavy atom. The average Bonchev–Trinajstić information content (AvgIpc) is 2.32. The van der Waals surface area contributed by atoms with E-state index in [1.54, 1.807) is 0 Å². The maximum absolute atomic E-state index is 5.47. The van der Waals surface area contributed by atoms with E-state index in [0.29, 0.717) is 6.04 Å². The number of ether oxygens (including phenoxy) is 1. The van der Waals surface area contributed by atoms with Gasteiger partial charge in [-0.25, -0.2) is 0 Å². The molecule has 0 saturated carbocycles. The topological polar surface area (TPSA) is 33.3 Å². The van der Waals surface area contributed by atoms with Crippen LogP contribution in [0.3, 0.4) is 0 Å². The van der Waals surface area contributed by atoms with E-state index in [0.717, 1.165) is 32.2 Å². The summed E-state index contributed by atoms with van der Waals surface area (Å²) in [6, 6.07) is 0.711. The summed E-state index contributed by atoms with van der Waals surface area (Å²) in [4.78, 5) is 0. The van der Waals surface area contributed by atoms with E-state index >= 15 is 0 Å². The van der Waals surface area contributed by atoms with Gasteiger partial charge in [0.15, 0.2) is 0 Å². The molecule has 0 bridgehead atoms. The minimum Gasteiger partial charge on any atom is -0.381 e. The molecule has 2 heterocycles. The highest BCUT2D eigenvalue weighted by molar-refractivity contribution is 4.75. The van der Waals surface area contributed by atoms with E-state index in [-0.39, 0.29) is 0 Å². The zero-order valence-electron chi connectivity index (χ0n) is 9.63. The van der Waals surface area contributed by atoms with Gasteiger partial charge >= 0.3 is 0 Å². The minimum atomic E-state index is 0.711. The largest absolute Gasteiger partial charge is 0.381 e. The molecule has 0 aromatic heterocycles. The molecule has 15 heavy (non-hydrogen) atoms. The third-order valence-corrected chi connectivity index (χ3v) is 3.49. The summed E-state index contributed by atoms with van der Waals surface area (Å²) in [5, 5.41) is 7.15. The average molecular weight is 212 g/mol. The van der Waals surface area contributed by atoms with Gasteiger partial charge in [0.05, 0.1) is 6.61 Å². The summed E-state index contributed by atoms with van der Waals surface area (Å²) in [5.74, 6) is 0.752. The molecule has 2 atom stereocenters. The first kappa shape index (κ1) is 11.4. The first-order valence-corrected chi connectivity index (χ1v) is 6.47. The van der Waals surface area contributed by atoms with E-state index in [1.807, 2.05) is 0 Å². The predicted octanol–water partition coefficient (Wildman–Crippen LogP) is 1.14. The van der Waals surface area contributed by atoms with Crippen molar-refractivity contribution in [2.75, 3.05) is 32.8 Å². The number of rotatable bonds is 4. The number of nitrogens with one attached hydrogen (secondary N) is 2. The van der Waals surface area contributed by atoms with Crippen LogP contribution in [0.2, 0.25) is 0 Å². The predicted molar refractivity (Wildman–Crippen MR) is 62.1 cm³/mol. The van der Waals surface area contributed by atoms with Crippen LogP contribution in [0.4, 0.5) is 0 Å². The Labute approximate surface area is 93.0 Å². The quantitative estimate of drug-likeness (QED) is 0.733. The molecule has 2 rings (SSSR count). The van der Waals surface area contributed by atoms with E-state index in [1.165, 1.54) is 38.6 Å². The van der Waals surface area contributed by atoms with Crippen molar-refractivity contribution in [1.29, 1.82) is 0 Å². The molecule has 0 aromatic carbocycles. The highest BCUT2D eigenvalue weighted by atomic mass is 16.5. The SMILES string of the molecule is C1CCC(CNCC2CCCOC2)NC1. The van der Waals surface area contributed by atoms with Crippen LogP contribution in [-0.4, -0.2) is 38.9 Å². The monoisotopic (exact) mass is 212 g/mol. The van der Waals surface area contributed by atoms with Gasteiger partial charge in [0.25, 0.3) is 0 Å². The third kappa shape index (κ3) is 4.09. The first-order chi connectivity index (χ1) is 7.45. The van der Waals surface area contributed by atoms with Crippen LogP contribution in [-0.2, 0) is 4.74 Å². The van der Waals surface area contributed by atoms with E-state index in [4.69, 9.17) is 4.74 Å². The van der Waals surface area contributed by atoms with Crippen molar-refractivity contribution in [3.63, 3.8) is 0 Å². The molecule has 0 amide bonds. The van der Waals surface area contributed by atoms with Gasteiger partial charge in [0.1, 0.15) is 0 Å². The fourth-order valence-corrected chi connectivity index (χ4v) is 2.53. The lowest BCUT2D eigenvalue weighted by atomic mass is 10.0. The summed E-state index contributed by atoms with van der Waals surface area (Å²) in [6.45, 7) is 5.42. The van der Waals surface area contributed by atoms with Crippen LogP contribution in [0.15, 0.2) is 0 Å². The summed E-state index contributed by atoms with van der Waals surface area (Å²) < 4.78 is 5.47. The lowest BCUT2D eigenvalue weighted by Gasteiger charge is -2.26. The summed E-state index contributed by atoms with van der Waals surface area (Å²) in [7, 11) is 0. The molecule has 2 N–H and O–H groups in total. The number of hydrogen-bond donors (Lipinski definition) is 2. The van der Waals surface area contributed by atoms with Gasteiger partial charge < -0.3 is 15.4 Å². The van der Waals surface area contributed by atoms with Crippen LogP contribution in [0.25, 0.3) is 0 Å². The number of piperidine rings is 1. The van der Waals surface area contributed by atoms with Gasteiger partial charge in [0, 0.05) is 25.7 Å². The van der Waals surface area contributed by atoms with Crippen molar-refractivity contribution in [1.82, 2.24) is 10.6 Å². The molecular formula is C12H24N2O. The molecule has 2 fully saturated rings. The fourth-order valence-electron chi connectivity index (χ4n) is 2.53. The zero-order chi connectivity index (χ0) is 10.3. The second-order valence-electron chi connectivity index (χ2n) is 4.89. The summed E-state index contributed by atoms with van der Waals surface area (Å²) in [5.41, 5.74) is 0. The molecular weight excluding hydrogens is 188 g/mol. The van der Waals surface area contributed by atoms with Crippen molar-refractivity contribution in [3.05, 3.63) is 0 Å². The van der Waals surface area contributed by atoms with Crippen LogP contribution in [0, 0.1) is 5.92 Å². The van der Waals surface area contributed by atoms with Gasteiger partial charge in [0.2, 0.25) is 0 Å². The Hall–Kier alpha value is -0.120. The smallest absolute Gasteiger partial charge is 0.0506 e. The van der Waals surface area contributed by atoms with Crippen LogP contribution in [0.1, 0.15) is 32.1 Å². The molecule has 3 nitrogen and oxygen atoms in total. The highest BCUT2D eigenvalue weighted by Crippen LogP contribution is 2.12. The molecule has 2 unspecified atom stereocenters. The molecule has 2 aliphatic rings. The normalized spacial score (nSPS) is 32.8. The second-order valence-corrected chi connectivity index (χ2v) is 4.89. The lowest BCUT2D eigenvalue weighted by molar-refractivity contribution is 0.0546. The van der Waals surface area contributed by atoms with Gasteiger partial charge in [-0.05, 0) is 38.1 Å². The highest BCUT2D eigenvalue weighted by Gasteiger charge is 2.15. The minimum absolute atomic E-state index is 0.711. The Bertz CT molecular complexity index is 145. The van der Waals surface area contributed by atoms with Crippen LogP contribution >= 0.6 is 0 Å². The third-order valence-electron chi connectivity index (χ3n) is 3.49. The van der Waals surface area contributed by atoms with Gasteiger partial charge in [-0.1, -0.05) is 6.42 Å². The lowest BCUT2D eigenvalue weighted by Crippen LogP contribution is -2.43. The van der Waals surface area contributed by atoms with E-state index < -0.39 is 0 Å². The summed E-state index contributed by atoms with van der Waals surface area (Å²) >= 11 is 0. The van der Waals surface area contributed by atoms with Gasteiger partial charge in [-0.3, -0.25) is 0 Å². The molecule has 88 valence electrons. The van der Waals surface area contributed by atoms with E-state index in [9.17, 15) is 0 Å². The van der Waals surface area contributed by atoms with Crippen molar-refractivity contribution in [2.24, 2.45) is 5.92 Å². The molecule has 2 aliphatic heterocycles. The molecule has 0 radical (unpaired) electrons. The van der Waals surface area contributed by atoms with Crippen molar-refractivity contribution in [3.8, 4) is 0 Å². The maximum Gasteiger partial charge on any atom is 0.0506 e. The molecule has 0 spiro atoms. The maximum atomic E-state index is 5.47. The number of hydrogen-bond acceptors (Lipinski definition) is 3. The van der Waals surface area contributed by atoms with Crippen molar-refractivity contribution < 1.29 is 4.74 Å². The molecule has 0 aromatic rings. The van der Waals surface area contributed by atoms with Gasteiger partial charge in [-0.15, -0.1) is 0 Å². The van der Waals surface area contributed by atoms with Crippen LogP contribution < -0.4 is 10.6 Å². The first-order valence-electron chi connectivity index (χ1n) is 6.47. The Kier molecular flexibility index (Phi) is 4.90. The molecule has 3 heteroatoms. The summed E-state index contributed by atoms with van der Waals surface area (Å²) in [6.07, 6.45) is 6.67.